The van der Waals surface area contributed by atoms with Crippen molar-refractivity contribution < 1.29 is 19.0 Å². The molecule has 7 heteroatoms. The van der Waals surface area contributed by atoms with Crippen LogP contribution in [-0.4, -0.2) is 44.6 Å². The van der Waals surface area contributed by atoms with E-state index in [-0.39, 0.29) is 0 Å². The molecule has 0 spiro atoms. The average molecular weight is 325 g/mol. The van der Waals surface area contributed by atoms with E-state index in [1.165, 1.54) is 0 Å². The summed E-state index contributed by atoms with van der Waals surface area (Å²) in [6.45, 7) is 2.40. The Bertz CT molecular complexity index is 465. The summed E-state index contributed by atoms with van der Waals surface area (Å²) in [4.78, 5) is 11.3. The molecule has 1 rings (SSSR count). The van der Waals surface area contributed by atoms with Gasteiger partial charge in [0.2, 0.25) is 0 Å². The summed E-state index contributed by atoms with van der Waals surface area (Å²) in [5, 5.41) is 3.09. The molecular formula is C15H21N2O4S. The topological polar surface area (TPSA) is 82.8 Å². The highest BCUT2D eigenvalue weighted by Gasteiger charge is 2.01. The summed E-state index contributed by atoms with van der Waals surface area (Å²) in [5.41, 5.74) is 5.99. The Morgan fingerprint density at radius 2 is 2.00 bits per heavy atom. The Labute approximate surface area is 135 Å². The van der Waals surface area contributed by atoms with E-state index in [1.54, 1.807) is 19.2 Å². The summed E-state index contributed by atoms with van der Waals surface area (Å²) in [5.74, 6) is 0.421. The van der Waals surface area contributed by atoms with Gasteiger partial charge in [0.15, 0.2) is 0 Å². The number of rotatable bonds is 10. The van der Waals surface area contributed by atoms with Gasteiger partial charge in [0.05, 0.1) is 24.8 Å². The first kappa shape index (κ1) is 18.3. The van der Waals surface area contributed by atoms with Crippen molar-refractivity contribution in [3.63, 3.8) is 0 Å². The fourth-order valence-electron chi connectivity index (χ4n) is 1.58. The van der Waals surface area contributed by atoms with Crippen LogP contribution in [0.1, 0.15) is 5.56 Å². The largest absolute Gasteiger partial charge is 0.411 e. The molecule has 0 aliphatic heterocycles. The number of ether oxygens (including phenoxy) is 3. The van der Waals surface area contributed by atoms with Gasteiger partial charge in [0, 0.05) is 20.1 Å². The number of primary amides is 1. The van der Waals surface area contributed by atoms with Gasteiger partial charge in [-0.3, -0.25) is 0 Å². The van der Waals surface area contributed by atoms with Crippen molar-refractivity contribution in [1.29, 1.82) is 0 Å². The lowest BCUT2D eigenvalue weighted by Gasteiger charge is -2.08. The first-order valence-corrected chi connectivity index (χ1v) is 7.26. The first-order chi connectivity index (χ1) is 10.6. The molecular weight excluding hydrogens is 304 g/mol. The highest BCUT2D eigenvalue weighted by molar-refractivity contribution is 7.80. The summed E-state index contributed by atoms with van der Waals surface area (Å²) in [6.07, 6.45) is 1.78. The van der Waals surface area contributed by atoms with Gasteiger partial charge >= 0.3 is 6.09 Å². The number of nitrogens with two attached hydrogens (primary N) is 1. The molecule has 0 fully saturated rings. The van der Waals surface area contributed by atoms with Gasteiger partial charge in [-0.05, 0) is 24.1 Å². The number of nitrogens with one attached hydrogen (secondary N) is 1. The smallest absolute Gasteiger partial charge is 0.409 e. The number of thiocarbonyl (C=S) groups is 1. The van der Waals surface area contributed by atoms with Gasteiger partial charge in [-0.1, -0.05) is 24.4 Å². The summed E-state index contributed by atoms with van der Waals surface area (Å²) in [6, 6.07) is 7.08. The number of carbonyl (C=O) groups is 1. The molecule has 121 valence electrons. The van der Waals surface area contributed by atoms with Crippen LogP contribution in [0.2, 0.25) is 0 Å². The SMILES string of the molecule is COCCOCCNC(=S)[CH]Cc1ccc(OC(N)=O)cc1. The fourth-order valence-corrected chi connectivity index (χ4v) is 1.77. The van der Waals surface area contributed by atoms with Crippen molar-refractivity contribution in [3.8, 4) is 5.75 Å². The Hall–Kier alpha value is -1.70. The molecule has 1 aromatic rings. The Kier molecular flexibility index (Phi) is 9.13. The van der Waals surface area contributed by atoms with E-state index in [2.05, 4.69) is 5.32 Å². The molecule has 0 unspecified atom stereocenters. The molecule has 6 nitrogen and oxygen atoms in total. The Balaban J connectivity index is 2.16. The molecule has 0 bridgehead atoms. The van der Waals surface area contributed by atoms with Crippen molar-refractivity contribution in [2.24, 2.45) is 5.73 Å². The molecule has 0 heterocycles. The highest BCUT2D eigenvalue weighted by Crippen LogP contribution is 2.13. The fraction of sp³-hybridized carbons (Fsp3) is 0.400. The number of amides is 1. The summed E-state index contributed by atoms with van der Waals surface area (Å²) in [7, 11) is 1.64. The van der Waals surface area contributed by atoms with E-state index in [0.717, 1.165) is 5.56 Å². The van der Waals surface area contributed by atoms with Crippen LogP contribution in [0, 0.1) is 6.42 Å². The van der Waals surface area contributed by atoms with Crippen LogP contribution in [-0.2, 0) is 15.9 Å². The van der Waals surface area contributed by atoms with Gasteiger partial charge in [-0.25, -0.2) is 4.79 Å². The number of carbonyl (C=O) groups excluding carboxylic acids is 1. The van der Waals surface area contributed by atoms with Crippen LogP contribution in [0.5, 0.6) is 5.75 Å². The van der Waals surface area contributed by atoms with Gasteiger partial charge in [0.25, 0.3) is 0 Å². The number of methoxy groups -OCH3 is 1. The molecule has 22 heavy (non-hydrogen) atoms. The molecule has 0 saturated carbocycles. The van der Waals surface area contributed by atoms with E-state index in [4.69, 9.17) is 32.2 Å². The second-order valence-corrected chi connectivity index (χ2v) is 4.81. The third kappa shape index (κ3) is 8.56. The maximum Gasteiger partial charge on any atom is 0.409 e. The van der Waals surface area contributed by atoms with E-state index in [1.807, 2.05) is 18.6 Å². The van der Waals surface area contributed by atoms with Crippen LogP contribution in [0.25, 0.3) is 0 Å². The molecule has 1 aromatic carbocycles. The quantitative estimate of drug-likeness (QED) is 0.501. The first-order valence-electron chi connectivity index (χ1n) is 6.85. The lowest BCUT2D eigenvalue weighted by molar-refractivity contribution is 0.0734. The Morgan fingerprint density at radius 3 is 2.64 bits per heavy atom. The van der Waals surface area contributed by atoms with Crippen molar-refractivity contribution >= 4 is 23.3 Å². The van der Waals surface area contributed by atoms with Crippen LogP contribution < -0.4 is 15.8 Å². The summed E-state index contributed by atoms with van der Waals surface area (Å²) < 4.78 is 15.0. The van der Waals surface area contributed by atoms with E-state index >= 15 is 0 Å². The monoisotopic (exact) mass is 325 g/mol. The van der Waals surface area contributed by atoms with Gasteiger partial charge in [-0.15, -0.1) is 0 Å². The summed E-state index contributed by atoms with van der Waals surface area (Å²) >= 11 is 5.20. The zero-order valence-electron chi connectivity index (χ0n) is 12.5. The molecule has 1 radical (unpaired) electrons. The van der Waals surface area contributed by atoms with Gasteiger partial charge < -0.3 is 25.3 Å². The third-order valence-corrected chi connectivity index (χ3v) is 2.95. The second kappa shape index (κ2) is 10.9. The lowest BCUT2D eigenvalue weighted by atomic mass is 10.1. The molecule has 0 aliphatic rings. The molecule has 0 saturated heterocycles. The van der Waals surface area contributed by atoms with Crippen molar-refractivity contribution in [2.75, 3.05) is 33.5 Å². The van der Waals surface area contributed by atoms with Crippen molar-refractivity contribution in [2.45, 2.75) is 6.42 Å². The number of hydrogen-bond donors (Lipinski definition) is 2. The molecule has 1 amide bonds. The molecule has 0 aliphatic carbocycles. The van der Waals surface area contributed by atoms with Crippen LogP contribution in [0.4, 0.5) is 4.79 Å². The molecule has 3 N–H and O–H groups in total. The minimum absolute atomic E-state index is 0.421. The van der Waals surface area contributed by atoms with Crippen LogP contribution >= 0.6 is 12.2 Å². The average Bonchev–Trinajstić information content (AvgIpc) is 2.49. The predicted octanol–water partition coefficient (Wildman–Crippen LogP) is 1.47. The second-order valence-electron chi connectivity index (χ2n) is 4.37. The van der Waals surface area contributed by atoms with E-state index in [0.29, 0.717) is 43.5 Å². The van der Waals surface area contributed by atoms with E-state index < -0.39 is 6.09 Å². The number of hydrogen-bond acceptors (Lipinski definition) is 5. The predicted molar refractivity (Wildman–Crippen MR) is 88.0 cm³/mol. The maximum absolute atomic E-state index is 10.6. The minimum atomic E-state index is -0.822. The van der Waals surface area contributed by atoms with E-state index in [9.17, 15) is 4.79 Å². The Morgan fingerprint density at radius 1 is 1.27 bits per heavy atom. The third-order valence-electron chi connectivity index (χ3n) is 2.64. The van der Waals surface area contributed by atoms with Gasteiger partial charge in [0.1, 0.15) is 5.75 Å². The molecule has 0 aromatic heterocycles. The van der Waals surface area contributed by atoms with Crippen LogP contribution in [0.15, 0.2) is 24.3 Å². The van der Waals surface area contributed by atoms with Crippen LogP contribution in [0.3, 0.4) is 0 Å². The zero-order chi connectivity index (χ0) is 16.2. The number of benzene rings is 1. The molecule has 0 atom stereocenters. The minimum Gasteiger partial charge on any atom is -0.411 e. The van der Waals surface area contributed by atoms with Gasteiger partial charge in [-0.2, -0.15) is 0 Å². The lowest BCUT2D eigenvalue weighted by Crippen LogP contribution is -2.26. The highest BCUT2D eigenvalue weighted by atomic mass is 32.1. The van der Waals surface area contributed by atoms with Crippen molar-refractivity contribution in [3.05, 3.63) is 36.2 Å². The maximum atomic E-state index is 10.6. The van der Waals surface area contributed by atoms with Crippen molar-refractivity contribution in [1.82, 2.24) is 5.32 Å². The standard InChI is InChI=1S/C15H21N2O4S/c1-19-10-11-20-9-8-17-14(22)7-4-12-2-5-13(6-3-12)21-15(16)18/h2-3,5-7H,4,8-11H2,1H3,(H2,16,18)(H,17,22). The normalized spacial score (nSPS) is 10.2. The zero-order valence-corrected chi connectivity index (χ0v) is 13.4.